The van der Waals surface area contributed by atoms with Crippen molar-refractivity contribution < 1.29 is 14.6 Å². The van der Waals surface area contributed by atoms with E-state index in [0.717, 1.165) is 0 Å². The number of carbonyl (C=O) groups is 1. The molecule has 2 aromatic rings. The average molecular weight is 418 g/mol. The zero-order valence-electron chi connectivity index (χ0n) is 16.2. The molecule has 29 heavy (non-hydrogen) atoms. The van der Waals surface area contributed by atoms with Gasteiger partial charge in [0.05, 0.1) is 19.3 Å². The maximum absolute atomic E-state index is 12.7. The molecule has 154 valence electrons. The third-order valence-corrected chi connectivity index (χ3v) is 5.78. The van der Waals surface area contributed by atoms with Crippen LogP contribution in [0.25, 0.3) is 0 Å². The molecular formula is C20H24ClN5O3. The molecule has 0 spiro atoms. The molecule has 2 aliphatic rings. The standard InChI is InChI=1S/C20H24ClN5O3/c1-29-18-6-7-22-20(23-18)26-12-16(17(27)13-26)24-8-10-25(11-9-24)19(28)14-2-4-15(21)5-3-14/h2-7,16-17,27H,8-13H2,1H3/t16-,17-/m1/s1. The lowest BCUT2D eigenvalue weighted by Crippen LogP contribution is -2.54. The summed E-state index contributed by atoms with van der Waals surface area (Å²) in [6.07, 6.45) is 1.16. The van der Waals surface area contributed by atoms with Gasteiger partial charge in [0.15, 0.2) is 0 Å². The van der Waals surface area contributed by atoms with E-state index in [1.54, 1.807) is 43.6 Å². The van der Waals surface area contributed by atoms with Crippen molar-refractivity contribution in [1.29, 1.82) is 0 Å². The smallest absolute Gasteiger partial charge is 0.253 e. The molecule has 2 atom stereocenters. The van der Waals surface area contributed by atoms with E-state index in [4.69, 9.17) is 16.3 Å². The lowest BCUT2D eigenvalue weighted by Gasteiger charge is -2.38. The third kappa shape index (κ3) is 4.29. The van der Waals surface area contributed by atoms with Gasteiger partial charge in [0.1, 0.15) is 0 Å². The molecule has 1 aromatic heterocycles. The molecule has 0 bridgehead atoms. The molecular weight excluding hydrogens is 394 g/mol. The first-order chi connectivity index (χ1) is 14.0. The Hall–Kier alpha value is -2.42. The predicted octanol–water partition coefficient (Wildman–Crippen LogP) is 1.15. The van der Waals surface area contributed by atoms with Crippen LogP contribution < -0.4 is 9.64 Å². The van der Waals surface area contributed by atoms with Crippen LogP contribution in [0, 0.1) is 0 Å². The number of rotatable bonds is 4. The van der Waals surface area contributed by atoms with E-state index in [0.29, 0.717) is 61.7 Å². The highest BCUT2D eigenvalue weighted by Gasteiger charge is 2.38. The number of piperazine rings is 1. The summed E-state index contributed by atoms with van der Waals surface area (Å²) in [4.78, 5) is 27.4. The van der Waals surface area contributed by atoms with Gasteiger partial charge in [0.2, 0.25) is 11.8 Å². The second-order valence-electron chi connectivity index (χ2n) is 7.27. The summed E-state index contributed by atoms with van der Waals surface area (Å²) in [6, 6.07) is 8.65. The number of aromatic nitrogens is 2. The van der Waals surface area contributed by atoms with Crippen molar-refractivity contribution in [3.05, 3.63) is 47.1 Å². The summed E-state index contributed by atoms with van der Waals surface area (Å²) in [5.41, 5.74) is 0.644. The number of aliphatic hydroxyl groups is 1. The van der Waals surface area contributed by atoms with E-state index < -0.39 is 6.10 Å². The van der Waals surface area contributed by atoms with Crippen molar-refractivity contribution in [1.82, 2.24) is 19.8 Å². The van der Waals surface area contributed by atoms with E-state index >= 15 is 0 Å². The van der Waals surface area contributed by atoms with Crippen molar-refractivity contribution in [2.24, 2.45) is 0 Å². The number of benzene rings is 1. The zero-order valence-corrected chi connectivity index (χ0v) is 17.0. The molecule has 4 rings (SSSR count). The summed E-state index contributed by atoms with van der Waals surface area (Å²) in [7, 11) is 1.57. The van der Waals surface area contributed by atoms with Gasteiger partial charge in [-0.2, -0.15) is 4.98 Å². The van der Waals surface area contributed by atoms with Gasteiger partial charge in [-0.25, -0.2) is 4.98 Å². The molecule has 1 N–H and O–H groups in total. The van der Waals surface area contributed by atoms with Crippen LogP contribution in [-0.4, -0.2) is 89.3 Å². The Balaban J connectivity index is 1.36. The minimum Gasteiger partial charge on any atom is -0.481 e. The maximum atomic E-state index is 12.7. The Morgan fingerprint density at radius 2 is 1.86 bits per heavy atom. The van der Waals surface area contributed by atoms with Crippen LogP contribution in [0.3, 0.4) is 0 Å². The third-order valence-electron chi connectivity index (χ3n) is 5.53. The monoisotopic (exact) mass is 417 g/mol. The van der Waals surface area contributed by atoms with Crippen LogP contribution in [0.5, 0.6) is 5.88 Å². The first kappa shape index (κ1) is 19.9. The molecule has 0 unspecified atom stereocenters. The molecule has 0 saturated carbocycles. The number of aliphatic hydroxyl groups excluding tert-OH is 1. The number of hydrogen-bond donors (Lipinski definition) is 1. The number of ether oxygens (including phenoxy) is 1. The number of hydrogen-bond acceptors (Lipinski definition) is 7. The first-order valence-electron chi connectivity index (χ1n) is 9.64. The average Bonchev–Trinajstić information content (AvgIpc) is 3.15. The Morgan fingerprint density at radius 3 is 2.55 bits per heavy atom. The zero-order chi connectivity index (χ0) is 20.4. The topological polar surface area (TPSA) is 82.0 Å². The van der Waals surface area contributed by atoms with Crippen molar-refractivity contribution in [2.75, 3.05) is 51.3 Å². The molecule has 0 radical (unpaired) electrons. The van der Waals surface area contributed by atoms with Gasteiger partial charge in [-0.05, 0) is 24.3 Å². The van der Waals surface area contributed by atoms with E-state index in [9.17, 15) is 9.90 Å². The minimum absolute atomic E-state index is 0.0136. The molecule has 8 nitrogen and oxygen atoms in total. The van der Waals surface area contributed by atoms with Gasteiger partial charge in [-0.15, -0.1) is 0 Å². The highest BCUT2D eigenvalue weighted by molar-refractivity contribution is 6.30. The highest BCUT2D eigenvalue weighted by Crippen LogP contribution is 2.23. The maximum Gasteiger partial charge on any atom is 0.253 e. The second kappa shape index (κ2) is 8.52. The van der Waals surface area contributed by atoms with Crippen LogP contribution >= 0.6 is 11.6 Å². The fourth-order valence-corrected chi connectivity index (χ4v) is 4.05. The largest absolute Gasteiger partial charge is 0.481 e. The van der Waals surface area contributed by atoms with Crippen LogP contribution in [0.4, 0.5) is 5.95 Å². The SMILES string of the molecule is COc1ccnc(N2C[C@@H](O)[C@H](N3CCN(C(=O)c4ccc(Cl)cc4)CC3)C2)n1. The quantitative estimate of drug-likeness (QED) is 0.798. The first-order valence-corrected chi connectivity index (χ1v) is 10.0. The fraction of sp³-hybridized carbons (Fsp3) is 0.450. The van der Waals surface area contributed by atoms with Crippen LogP contribution in [0.2, 0.25) is 5.02 Å². The number of anilines is 1. The van der Waals surface area contributed by atoms with Crippen molar-refractivity contribution >= 4 is 23.5 Å². The van der Waals surface area contributed by atoms with E-state index in [-0.39, 0.29) is 11.9 Å². The molecule has 2 aliphatic heterocycles. The van der Waals surface area contributed by atoms with Gasteiger partial charge < -0.3 is 19.6 Å². The molecule has 1 aromatic carbocycles. The lowest BCUT2D eigenvalue weighted by molar-refractivity contribution is 0.0376. The van der Waals surface area contributed by atoms with Gasteiger partial charge in [0, 0.05) is 62.1 Å². The summed E-state index contributed by atoms with van der Waals surface area (Å²) in [5, 5.41) is 11.2. The fourth-order valence-electron chi connectivity index (χ4n) is 3.92. The molecule has 1 amide bonds. The van der Waals surface area contributed by atoms with E-state index in [1.807, 2.05) is 9.80 Å². The molecule has 9 heteroatoms. The summed E-state index contributed by atoms with van der Waals surface area (Å²) in [5.74, 6) is 1.07. The van der Waals surface area contributed by atoms with Crippen molar-refractivity contribution in [2.45, 2.75) is 12.1 Å². The van der Waals surface area contributed by atoms with Crippen LogP contribution in [0.1, 0.15) is 10.4 Å². The van der Waals surface area contributed by atoms with Crippen LogP contribution in [-0.2, 0) is 0 Å². The predicted molar refractivity (Wildman–Crippen MR) is 110 cm³/mol. The van der Waals surface area contributed by atoms with Gasteiger partial charge in [-0.3, -0.25) is 9.69 Å². The number of nitrogens with zero attached hydrogens (tertiary/aromatic N) is 5. The Bertz CT molecular complexity index is 857. The molecule has 2 saturated heterocycles. The summed E-state index contributed by atoms with van der Waals surface area (Å²) in [6.45, 7) is 3.80. The number of carbonyl (C=O) groups excluding carboxylic acids is 1. The number of β-amino-alcohol motifs (C(OH)–C–C–N with tert-alkyl or cyclic N) is 1. The van der Waals surface area contributed by atoms with Gasteiger partial charge in [0.25, 0.3) is 5.91 Å². The summed E-state index contributed by atoms with van der Waals surface area (Å²) < 4.78 is 5.17. The number of methoxy groups -OCH3 is 1. The van der Waals surface area contributed by atoms with Crippen LogP contribution in [0.15, 0.2) is 36.5 Å². The Morgan fingerprint density at radius 1 is 1.14 bits per heavy atom. The normalized spacial score (nSPS) is 22.7. The van der Waals surface area contributed by atoms with E-state index in [1.165, 1.54) is 0 Å². The lowest BCUT2D eigenvalue weighted by atomic mass is 10.1. The number of halogens is 1. The summed E-state index contributed by atoms with van der Waals surface area (Å²) >= 11 is 5.91. The van der Waals surface area contributed by atoms with Gasteiger partial charge >= 0.3 is 0 Å². The molecule has 3 heterocycles. The second-order valence-corrected chi connectivity index (χ2v) is 7.71. The van der Waals surface area contributed by atoms with Gasteiger partial charge in [-0.1, -0.05) is 11.6 Å². The van der Waals surface area contributed by atoms with E-state index in [2.05, 4.69) is 14.9 Å². The minimum atomic E-state index is -0.497. The van der Waals surface area contributed by atoms with Crippen molar-refractivity contribution in [3.63, 3.8) is 0 Å². The number of amides is 1. The molecule has 2 fully saturated rings. The Labute approximate surface area is 174 Å². The highest BCUT2D eigenvalue weighted by atomic mass is 35.5. The van der Waals surface area contributed by atoms with Crippen molar-refractivity contribution in [3.8, 4) is 5.88 Å². The molecule has 0 aliphatic carbocycles. The Kier molecular flexibility index (Phi) is 5.84.